The van der Waals surface area contributed by atoms with E-state index in [1.54, 1.807) is 0 Å². The molecule has 0 spiro atoms. The number of hydrogen-bond donors (Lipinski definition) is 2. The van der Waals surface area contributed by atoms with E-state index >= 15 is 0 Å². The number of aliphatic hydroxyl groups excluding tert-OH is 1. The number of nitrogens with one attached hydrogen (secondary N) is 1. The van der Waals surface area contributed by atoms with Crippen LogP contribution in [0.15, 0.2) is 30.6 Å². The maximum atomic E-state index is 9.27. The molecule has 1 saturated heterocycles. The van der Waals surface area contributed by atoms with Gasteiger partial charge in [0.25, 0.3) is 0 Å². The zero-order valence-corrected chi connectivity index (χ0v) is 11.8. The first-order chi connectivity index (χ1) is 10.3. The van der Waals surface area contributed by atoms with Gasteiger partial charge in [0.05, 0.1) is 13.2 Å². The van der Waals surface area contributed by atoms with Gasteiger partial charge >= 0.3 is 0 Å². The first-order valence-corrected chi connectivity index (χ1v) is 7.48. The molecule has 1 fully saturated rings. The molecule has 0 amide bonds. The number of aliphatic hydroxyl groups is 1. The van der Waals surface area contributed by atoms with E-state index in [2.05, 4.69) is 27.0 Å². The summed E-state index contributed by atoms with van der Waals surface area (Å²) >= 11 is 0. The number of hydrogen-bond acceptors (Lipinski definition) is 4. The molecule has 2 aliphatic rings. The smallest absolute Gasteiger partial charge is 0.140 e. The lowest BCUT2D eigenvalue weighted by atomic mass is 10.1. The van der Waals surface area contributed by atoms with Crippen molar-refractivity contribution in [3.8, 4) is 17.1 Å². The molecule has 5 heteroatoms. The Kier molecular flexibility index (Phi) is 3.16. The molecule has 2 N–H and O–H groups in total. The van der Waals surface area contributed by atoms with E-state index in [0.29, 0.717) is 6.04 Å². The summed E-state index contributed by atoms with van der Waals surface area (Å²) in [4.78, 5) is 4.54. The summed E-state index contributed by atoms with van der Waals surface area (Å²) in [7, 11) is 0. The van der Waals surface area contributed by atoms with Crippen LogP contribution in [-0.2, 0) is 6.42 Å². The second-order valence-corrected chi connectivity index (χ2v) is 5.76. The molecule has 21 heavy (non-hydrogen) atoms. The Hall–Kier alpha value is -1.85. The minimum atomic E-state index is 0.191. The van der Waals surface area contributed by atoms with Crippen LogP contribution in [-0.4, -0.2) is 40.5 Å². The average molecular weight is 285 g/mol. The lowest BCUT2D eigenvalue weighted by Crippen LogP contribution is -2.24. The summed E-state index contributed by atoms with van der Waals surface area (Å²) in [5.41, 5.74) is 2.40. The molecule has 0 unspecified atom stereocenters. The van der Waals surface area contributed by atoms with Crippen LogP contribution in [0.4, 0.5) is 0 Å². The third kappa shape index (κ3) is 2.22. The molecule has 2 aromatic rings. The lowest BCUT2D eigenvalue weighted by Gasteiger charge is -2.15. The summed E-state index contributed by atoms with van der Waals surface area (Å²) in [5.74, 6) is 2.00. The van der Waals surface area contributed by atoms with Crippen molar-refractivity contribution in [3.05, 3.63) is 36.2 Å². The lowest BCUT2D eigenvalue weighted by molar-refractivity contribution is 0.253. The van der Waals surface area contributed by atoms with Gasteiger partial charge in [0, 0.05) is 43.0 Å². The molecular formula is C16H19N3O2. The van der Waals surface area contributed by atoms with E-state index in [4.69, 9.17) is 4.74 Å². The van der Waals surface area contributed by atoms with Crippen molar-refractivity contribution < 1.29 is 9.84 Å². The predicted octanol–water partition coefficient (Wildman–Crippen LogP) is 1.38. The van der Waals surface area contributed by atoms with Gasteiger partial charge < -0.3 is 19.7 Å². The Morgan fingerprint density at radius 1 is 1.43 bits per heavy atom. The van der Waals surface area contributed by atoms with Crippen molar-refractivity contribution >= 4 is 0 Å². The fourth-order valence-corrected chi connectivity index (χ4v) is 3.31. The maximum Gasteiger partial charge on any atom is 0.140 e. The quantitative estimate of drug-likeness (QED) is 0.894. The summed E-state index contributed by atoms with van der Waals surface area (Å²) < 4.78 is 7.79. The number of aromatic nitrogens is 2. The molecule has 2 atom stereocenters. The molecule has 0 saturated carbocycles. The fourth-order valence-electron chi connectivity index (χ4n) is 3.31. The zero-order chi connectivity index (χ0) is 14.2. The van der Waals surface area contributed by atoms with Crippen molar-refractivity contribution in [2.45, 2.75) is 24.9 Å². The van der Waals surface area contributed by atoms with Gasteiger partial charge in [0.1, 0.15) is 11.6 Å². The highest BCUT2D eigenvalue weighted by molar-refractivity contribution is 5.60. The van der Waals surface area contributed by atoms with Crippen molar-refractivity contribution in [1.82, 2.24) is 14.9 Å². The van der Waals surface area contributed by atoms with Gasteiger partial charge in [-0.15, -0.1) is 0 Å². The van der Waals surface area contributed by atoms with Crippen LogP contribution in [0.3, 0.4) is 0 Å². The van der Waals surface area contributed by atoms with Crippen molar-refractivity contribution in [3.63, 3.8) is 0 Å². The Labute approximate surface area is 123 Å². The monoisotopic (exact) mass is 285 g/mol. The fraction of sp³-hybridized carbons (Fsp3) is 0.438. The number of rotatable bonds is 3. The highest BCUT2D eigenvalue weighted by Crippen LogP contribution is 2.32. The molecule has 110 valence electrons. The molecule has 2 aliphatic heterocycles. The van der Waals surface area contributed by atoms with E-state index in [0.717, 1.165) is 43.1 Å². The van der Waals surface area contributed by atoms with E-state index in [1.807, 2.05) is 18.5 Å². The SMILES string of the molecule is OC[C@H]1C[C@H](n2ccnc2-c2ccc3c(c2)CCO3)CN1. The summed E-state index contributed by atoms with van der Waals surface area (Å²) in [5, 5.41) is 12.6. The largest absolute Gasteiger partial charge is 0.493 e. The van der Waals surface area contributed by atoms with E-state index in [1.165, 1.54) is 5.56 Å². The zero-order valence-electron chi connectivity index (χ0n) is 11.8. The van der Waals surface area contributed by atoms with Gasteiger partial charge in [-0.1, -0.05) is 0 Å². The van der Waals surface area contributed by atoms with Crippen LogP contribution in [0.5, 0.6) is 5.75 Å². The van der Waals surface area contributed by atoms with Crippen molar-refractivity contribution in [1.29, 1.82) is 0 Å². The van der Waals surface area contributed by atoms with Crippen LogP contribution < -0.4 is 10.1 Å². The normalized spacial score (nSPS) is 24.0. The van der Waals surface area contributed by atoms with Gasteiger partial charge in [0.15, 0.2) is 0 Å². The second kappa shape index (κ2) is 5.16. The molecular weight excluding hydrogens is 266 g/mol. The molecule has 4 rings (SSSR count). The van der Waals surface area contributed by atoms with E-state index in [-0.39, 0.29) is 12.6 Å². The molecule has 0 radical (unpaired) electrons. The number of fused-ring (bicyclic) bond motifs is 1. The molecule has 0 aliphatic carbocycles. The Morgan fingerprint density at radius 2 is 2.38 bits per heavy atom. The van der Waals surface area contributed by atoms with Gasteiger partial charge in [-0.3, -0.25) is 0 Å². The molecule has 1 aromatic carbocycles. The maximum absolute atomic E-state index is 9.27. The number of imidazole rings is 1. The first kappa shape index (κ1) is 12.9. The highest BCUT2D eigenvalue weighted by Gasteiger charge is 2.26. The second-order valence-electron chi connectivity index (χ2n) is 5.76. The van der Waals surface area contributed by atoms with Gasteiger partial charge in [-0.25, -0.2) is 4.98 Å². The highest BCUT2D eigenvalue weighted by atomic mass is 16.5. The van der Waals surface area contributed by atoms with Crippen LogP contribution in [0.1, 0.15) is 18.0 Å². The third-order valence-corrected chi connectivity index (χ3v) is 4.43. The van der Waals surface area contributed by atoms with Crippen molar-refractivity contribution in [2.24, 2.45) is 0 Å². The van der Waals surface area contributed by atoms with Gasteiger partial charge in [-0.05, 0) is 30.2 Å². The average Bonchev–Trinajstić information content (AvgIpc) is 3.24. The molecule has 1 aromatic heterocycles. The van der Waals surface area contributed by atoms with E-state index in [9.17, 15) is 5.11 Å². The van der Waals surface area contributed by atoms with Gasteiger partial charge in [0.2, 0.25) is 0 Å². The topological polar surface area (TPSA) is 59.3 Å². The van der Waals surface area contributed by atoms with Crippen LogP contribution in [0, 0.1) is 0 Å². The minimum absolute atomic E-state index is 0.191. The van der Waals surface area contributed by atoms with Gasteiger partial charge in [-0.2, -0.15) is 0 Å². The Morgan fingerprint density at radius 3 is 3.24 bits per heavy atom. The van der Waals surface area contributed by atoms with Crippen LogP contribution in [0.2, 0.25) is 0 Å². The molecule has 0 bridgehead atoms. The summed E-state index contributed by atoms with van der Waals surface area (Å²) in [6, 6.07) is 6.85. The third-order valence-electron chi connectivity index (χ3n) is 4.43. The number of nitrogens with zero attached hydrogens (tertiary/aromatic N) is 2. The number of benzene rings is 1. The van der Waals surface area contributed by atoms with Crippen molar-refractivity contribution in [2.75, 3.05) is 19.8 Å². The van der Waals surface area contributed by atoms with E-state index < -0.39 is 0 Å². The minimum Gasteiger partial charge on any atom is -0.493 e. The molecule has 3 heterocycles. The standard InChI is InChI=1S/C16H19N3O2/c20-10-13-8-14(9-18-13)19-5-4-17-16(19)12-1-2-15-11(7-12)3-6-21-15/h1-2,4-5,7,13-14,18,20H,3,6,8-10H2/t13-,14+/m1/s1. The Bertz CT molecular complexity index is 653. The first-order valence-electron chi connectivity index (χ1n) is 7.48. The van der Waals surface area contributed by atoms with Crippen LogP contribution >= 0.6 is 0 Å². The number of ether oxygens (including phenoxy) is 1. The Balaban J connectivity index is 1.66. The summed E-state index contributed by atoms with van der Waals surface area (Å²) in [6.45, 7) is 1.84. The van der Waals surface area contributed by atoms with Crippen LogP contribution in [0.25, 0.3) is 11.4 Å². The summed E-state index contributed by atoms with van der Waals surface area (Å²) in [6.07, 6.45) is 5.80. The predicted molar refractivity (Wildman–Crippen MR) is 79.4 cm³/mol. The molecule has 5 nitrogen and oxygen atoms in total.